The number of benzene rings is 2. The summed E-state index contributed by atoms with van der Waals surface area (Å²) in [6, 6.07) is 12.3. The van der Waals surface area contributed by atoms with Gasteiger partial charge in [-0.15, -0.1) is 0 Å². The predicted molar refractivity (Wildman–Crippen MR) is 72.8 cm³/mol. The van der Waals surface area contributed by atoms with E-state index >= 15 is 0 Å². The topological polar surface area (TPSA) is 52.4 Å². The molecule has 0 N–H and O–H groups in total. The van der Waals surface area contributed by atoms with Crippen LogP contribution in [0, 0.1) is 10.1 Å². The highest BCUT2D eigenvalue weighted by Crippen LogP contribution is 2.38. The van der Waals surface area contributed by atoms with Gasteiger partial charge < -0.3 is 4.74 Å². The summed E-state index contributed by atoms with van der Waals surface area (Å²) in [5, 5.41) is 11.1. The van der Waals surface area contributed by atoms with E-state index in [0.717, 1.165) is 5.56 Å². The summed E-state index contributed by atoms with van der Waals surface area (Å²) < 4.78 is 5.74. The number of nitrogens with zero attached hydrogens (tertiary/aromatic N) is 1. The van der Waals surface area contributed by atoms with Crippen molar-refractivity contribution in [3.63, 3.8) is 0 Å². The van der Waals surface area contributed by atoms with Gasteiger partial charge in [0.1, 0.15) is 5.75 Å². The molecule has 0 unspecified atom stereocenters. The van der Waals surface area contributed by atoms with Gasteiger partial charge in [-0.25, -0.2) is 0 Å². The van der Waals surface area contributed by atoms with E-state index in [1.165, 1.54) is 13.2 Å². The molecule has 92 valence electrons. The zero-order valence-corrected chi connectivity index (χ0v) is 11.2. The Labute approximate surface area is 112 Å². The Morgan fingerprint density at radius 2 is 1.89 bits per heavy atom. The van der Waals surface area contributed by atoms with Gasteiger partial charge in [-0.3, -0.25) is 10.1 Å². The van der Waals surface area contributed by atoms with Crippen LogP contribution in [0.15, 0.2) is 46.9 Å². The molecule has 0 aliphatic carbocycles. The van der Waals surface area contributed by atoms with Crippen LogP contribution in [-0.2, 0) is 0 Å². The largest absolute Gasteiger partial charge is 0.496 e. The maximum atomic E-state index is 11.1. The first-order chi connectivity index (χ1) is 8.63. The summed E-state index contributed by atoms with van der Waals surface area (Å²) in [4.78, 5) is 10.7. The van der Waals surface area contributed by atoms with Gasteiger partial charge in [0.2, 0.25) is 0 Å². The van der Waals surface area contributed by atoms with Crippen LogP contribution in [0.1, 0.15) is 0 Å². The van der Waals surface area contributed by atoms with Crippen LogP contribution >= 0.6 is 15.9 Å². The van der Waals surface area contributed by atoms with Gasteiger partial charge in [-0.1, -0.05) is 30.3 Å². The molecule has 18 heavy (non-hydrogen) atoms. The van der Waals surface area contributed by atoms with Crippen LogP contribution in [0.5, 0.6) is 5.75 Å². The van der Waals surface area contributed by atoms with Crippen LogP contribution in [0.2, 0.25) is 0 Å². The van der Waals surface area contributed by atoms with E-state index in [2.05, 4.69) is 15.9 Å². The average molecular weight is 308 g/mol. The van der Waals surface area contributed by atoms with Gasteiger partial charge >= 0.3 is 0 Å². The maximum absolute atomic E-state index is 11.1. The SMILES string of the molecule is COc1cc(-c2ccccc2)c([N+](=O)[O-])cc1Br. The Balaban J connectivity index is 2.68. The van der Waals surface area contributed by atoms with Gasteiger partial charge in [0.05, 0.1) is 22.1 Å². The lowest BCUT2D eigenvalue weighted by Gasteiger charge is -2.08. The number of hydrogen-bond donors (Lipinski definition) is 0. The summed E-state index contributed by atoms with van der Waals surface area (Å²) in [6.07, 6.45) is 0. The molecule has 4 nitrogen and oxygen atoms in total. The number of methoxy groups -OCH3 is 1. The monoisotopic (exact) mass is 307 g/mol. The first-order valence-electron chi connectivity index (χ1n) is 5.21. The Bertz CT molecular complexity index is 584. The normalized spacial score (nSPS) is 10.1. The van der Waals surface area contributed by atoms with Gasteiger partial charge in [-0.2, -0.15) is 0 Å². The molecule has 2 rings (SSSR count). The van der Waals surface area contributed by atoms with Crippen molar-refractivity contribution >= 4 is 21.6 Å². The van der Waals surface area contributed by atoms with Crippen LogP contribution < -0.4 is 4.74 Å². The molecule has 0 heterocycles. The standard InChI is InChI=1S/C13H10BrNO3/c1-18-13-7-10(9-5-3-2-4-6-9)12(15(16)17)8-11(13)14/h2-8H,1H3. The molecule has 0 radical (unpaired) electrons. The van der Waals surface area contributed by atoms with Gasteiger partial charge in [0.15, 0.2) is 0 Å². The van der Waals surface area contributed by atoms with Crippen molar-refractivity contribution in [1.82, 2.24) is 0 Å². The maximum Gasteiger partial charge on any atom is 0.278 e. The van der Waals surface area contributed by atoms with Crippen LogP contribution in [-0.4, -0.2) is 12.0 Å². The van der Waals surface area contributed by atoms with E-state index in [-0.39, 0.29) is 5.69 Å². The Morgan fingerprint density at radius 3 is 2.44 bits per heavy atom. The first kappa shape index (κ1) is 12.6. The molecule has 0 atom stereocenters. The highest BCUT2D eigenvalue weighted by molar-refractivity contribution is 9.10. The molecule has 0 fully saturated rings. The average Bonchev–Trinajstić information content (AvgIpc) is 2.39. The second kappa shape index (κ2) is 5.18. The lowest BCUT2D eigenvalue weighted by atomic mass is 10.0. The molecule has 2 aromatic rings. The van der Waals surface area contributed by atoms with E-state index in [1.54, 1.807) is 6.07 Å². The molecule has 0 aliphatic heterocycles. The van der Waals surface area contributed by atoms with Crippen molar-refractivity contribution in [3.05, 3.63) is 57.1 Å². The Morgan fingerprint density at radius 1 is 1.22 bits per heavy atom. The fourth-order valence-electron chi connectivity index (χ4n) is 1.70. The molecule has 5 heteroatoms. The number of rotatable bonds is 3. The zero-order chi connectivity index (χ0) is 13.1. The van der Waals surface area contributed by atoms with Gasteiger partial charge in [0, 0.05) is 6.07 Å². The molecule has 0 spiro atoms. The lowest BCUT2D eigenvalue weighted by Crippen LogP contribution is -1.94. The predicted octanol–water partition coefficient (Wildman–Crippen LogP) is 4.03. The van der Waals surface area contributed by atoms with Gasteiger partial charge in [-0.05, 0) is 27.6 Å². The number of nitro benzene ring substituents is 1. The summed E-state index contributed by atoms with van der Waals surface area (Å²) in [5.74, 6) is 0.569. The summed E-state index contributed by atoms with van der Waals surface area (Å²) in [7, 11) is 1.53. The van der Waals surface area contributed by atoms with E-state index in [4.69, 9.17) is 4.74 Å². The van der Waals surface area contributed by atoms with E-state index in [9.17, 15) is 10.1 Å². The number of ether oxygens (including phenoxy) is 1. The van der Waals surface area contributed by atoms with Gasteiger partial charge in [0.25, 0.3) is 5.69 Å². The third kappa shape index (κ3) is 2.36. The minimum atomic E-state index is -0.396. The number of nitro groups is 1. The summed E-state index contributed by atoms with van der Waals surface area (Å²) in [5.41, 5.74) is 1.38. The van der Waals surface area contributed by atoms with Crippen molar-refractivity contribution < 1.29 is 9.66 Å². The fourth-order valence-corrected chi connectivity index (χ4v) is 2.19. The molecular weight excluding hydrogens is 298 g/mol. The highest BCUT2D eigenvalue weighted by atomic mass is 79.9. The number of halogens is 1. The second-order valence-corrected chi connectivity index (χ2v) is 4.48. The van der Waals surface area contributed by atoms with Crippen molar-refractivity contribution in [2.75, 3.05) is 7.11 Å². The highest BCUT2D eigenvalue weighted by Gasteiger charge is 2.18. The Kier molecular flexibility index (Phi) is 3.62. The van der Waals surface area contributed by atoms with E-state index in [1.807, 2.05) is 30.3 Å². The van der Waals surface area contributed by atoms with Crippen molar-refractivity contribution in [2.45, 2.75) is 0 Å². The summed E-state index contributed by atoms with van der Waals surface area (Å²) in [6.45, 7) is 0. The molecule has 0 amide bonds. The van der Waals surface area contributed by atoms with Crippen molar-refractivity contribution in [3.8, 4) is 16.9 Å². The molecular formula is C13H10BrNO3. The molecule has 0 saturated carbocycles. The van der Waals surface area contributed by atoms with Crippen LogP contribution in [0.25, 0.3) is 11.1 Å². The fraction of sp³-hybridized carbons (Fsp3) is 0.0769. The number of hydrogen-bond acceptors (Lipinski definition) is 3. The third-order valence-corrected chi connectivity index (χ3v) is 3.17. The smallest absolute Gasteiger partial charge is 0.278 e. The zero-order valence-electron chi connectivity index (χ0n) is 9.59. The quantitative estimate of drug-likeness (QED) is 0.635. The first-order valence-corrected chi connectivity index (χ1v) is 6.00. The van der Waals surface area contributed by atoms with Crippen molar-refractivity contribution in [2.24, 2.45) is 0 Å². The Hall–Kier alpha value is -1.88. The van der Waals surface area contributed by atoms with E-state index < -0.39 is 4.92 Å². The minimum absolute atomic E-state index is 0.0499. The minimum Gasteiger partial charge on any atom is -0.496 e. The lowest BCUT2D eigenvalue weighted by molar-refractivity contribution is -0.384. The molecule has 2 aromatic carbocycles. The molecule has 0 bridgehead atoms. The second-order valence-electron chi connectivity index (χ2n) is 3.63. The van der Waals surface area contributed by atoms with Crippen LogP contribution in [0.4, 0.5) is 5.69 Å². The molecule has 0 saturated heterocycles. The van der Waals surface area contributed by atoms with Crippen LogP contribution in [0.3, 0.4) is 0 Å². The molecule has 0 aromatic heterocycles. The molecule has 0 aliphatic rings. The van der Waals surface area contributed by atoms with Crippen molar-refractivity contribution in [1.29, 1.82) is 0 Å². The third-order valence-electron chi connectivity index (χ3n) is 2.55. The summed E-state index contributed by atoms with van der Waals surface area (Å²) >= 11 is 3.25. The van der Waals surface area contributed by atoms with E-state index in [0.29, 0.717) is 15.8 Å².